The predicted octanol–water partition coefficient (Wildman–Crippen LogP) is 1.48. The third-order valence-corrected chi connectivity index (χ3v) is 3.18. The van der Waals surface area contributed by atoms with Crippen LogP contribution in [0.15, 0.2) is 0 Å². The molecule has 0 amide bonds. The molecule has 0 aliphatic heterocycles. The minimum absolute atomic E-state index is 0.0851. The highest BCUT2D eigenvalue weighted by Gasteiger charge is 2.12. The summed E-state index contributed by atoms with van der Waals surface area (Å²) in [6.07, 6.45) is 1.22. The van der Waals surface area contributed by atoms with Crippen LogP contribution in [0.25, 0.3) is 0 Å². The summed E-state index contributed by atoms with van der Waals surface area (Å²) in [4.78, 5) is 21.8. The lowest BCUT2D eigenvalue weighted by atomic mass is 10.2. The van der Waals surface area contributed by atoms with Crippen molar-refractivity contribution >= 4 is 23.7 Å². The molecule has 0 radical (unpaired) electrons. The van der Waals surface area contributed by atoms with E-state index in [0.717, 1.165) is 17.9 Å². The highest BCUT2D eigenvalue weighted by Crippen LogP contribution is 2.11. The Hall–Kier alpha value is -0.710. The predicted molar refractivity (Wildman–Crippen MR) is 59.8 cm³/mol. The monoisotopic (exact) mass is 234 g/mol. The van der Waals surface area contributed by atoms with E-state index in [2.05, 4.69) is 9.47 Å². The standard InChI is InChI=1S/C10H18O4S/c1-8(10(12)14-3)7-15-6-4-5-9(11)13-2/h8H,4-7H2,1-3H3. The summed E-state index contributed by atoms with van der Waals surface area (Å²) >= 11 is 1.65. The Morgan fingerprint density at radius 2 is 1.93 bits per heavy atom. The van der Waals surface area contributed by atoms with Gasteiger partial charge in [0.2, 0.25) is 0 Å². The van der Waals surface area contributed by atoms with Crippen LogP contribution in [-0.2, 0) is 19.1 Å². The van der Waals surface area contributed by atoms with E-state index in [1.54, 1.807) is 11.8 Å². The maximum Gasteiger partial charge on any atom is 0.309 e. The molecule has 0 aromatic carbocycles. The summed E-state index contributed by atoms with van der Waals surface area (Å²) in [5.41, 5.74) is 0. The summed E-state index contributed by atoms with van der Waals surface area (Å²) in [5, 5.41) is 0. The summed E-state index contributed by atoms with van der Waals surface area (Å²) in [6, 6.07) is 0. The number of hydrogen-bond donors (Lipinski definition) is 0. The average molecular weight is 234 g/mol. The molecule has 4 nitrogen and oxygen atoms in total. The van der Waals surface area contributed by atoms with Crippen molar-refractivity contribution in [1.82, 2.24) is 0 Å². The molecule has 88 valence electrons. The zero-order valence-corrected chi connectivity index (χ0v) is 10.3. The molecule has 15 heavy (non-hydrogen) atoms. The van der Waals surface area contributed by atoms with Crippen molar-refractivity contribution in [2.24, 2.45) is 5.92 Å². The first-order valence-electron chi connectivity index (χ1n) is 4.84. The van der Waals surface area contributed by atoms with E-state index in [0.29, 0.717) is 6.42 Å². The number of ether oxygens (including phenoxy) is 2. The van der Waals surface area contributed by atoms with Crippen LogP contribution >= 0.6 is 11.8 Å². The summed E-state index contributed by atoms with van der Waals surface area (Å²) in [5.74, 6) is 1.13. The molecule has 0 saturated heterocycles. The lowest BCUT2D eigenvalue weighted by Crippen LogP contribution is -2.15. The van der Waals surface area contributed by atoms with Gasteiger partial charge < -0.3 is 9.47 Å². The van der Waals surface area contributed by atoms with Gasteiger partial charge >= 0.3 is 11.9 Å². The summed E-state index contributed by atoms with van der Waals surface area (Å²) in [7, 11) is 2.77. The topological polar surface area (TPSA) is 52.6 Å². The molecule has 0 saturated carbocycles. The van der Waals surface area contributed by atoms with Crippen molar-refractivity contribution in [3.8, 4) is 0 Å². The van der Waals surface area contributed by atoms with Crippen LogP contribution in [0, 0.1) is 5.92 Å². The number of carbonyl (C=O) groups is 2. The Bertz CT molecular complexity index is 206. The third-order valence-electron chi connectivity index (χ3n) is 1.87. The van der Waals surface area contributed by atoms with Gasteiger partial charge in [0, 0.05) is 12.2 Å². The molecule has 1 unspecified atom stereocenters. The molecule has 0 aliphatic carbocycles. The molecule has 0 rings (SSSR count). The van der Waals surface area contributed by atoms with Crippen LogP contribution in [0.5, 0.6) is 0 Å². The second-order valence-electron chi connectivity index (χ2n) is 3.18. The van der Waals surface area contributed by atoms with Crippen LogP contribution in [0.4, 0.5) is 0 Å². The smallest absolute Gasteiger partial charge is 0.309 e. The maximum atomic E-state index is 11.0. The van der Waals surface area contributed by atoms with Crippen LogP contribution in [-0.4, -0.2) is 37.7 Å². The first kappa shape index (κ1) is 14.3. The lowest BCUT2D eigenvalue weighted by molar-refractivity contribution is -0.144. The molecule has 0 aromatic heterocycles. The molecule has 1 atom stereocenters. The molecule has 0 N–H and O–H groups in total. The van der Waals surface area contributed by atoms with Gasteiger partial charge in [-0.15, -0.1) is 0 Å². The van der Waals surface area contributed by atoms with Crippen LogP contribution in [0.2, 0.25) is 0 Å². The Labute approximate surface area is 94.7 Å². The van der Waals surface area contributed by atoms with E-state index in [1.165, 1.54) is 14.2 Å². The molecule has 0 aromatic rings. The largest absolute Gasteiger partial charge is 0.469 e. The maximum absolute atomic E-state index is 11.0. The number of esters is 2. The van der Waals surface area contributed by atoms with Gasteiger partial charge in [0.1, 0.15) is 0 Å². The molecular weight excluding hydrogens is 216 g/mol. The van der Waals surface area contributed by atoms with Gasteiger partial charge in [-0.05, 0) is 12.2 Å². The van der Waals surface area contributed by atoms with Crippen molar-refractivity contribution in [1.29, 1.82) is 0 Å². The van der Waals surface area contributed by atoms with Crippen molar-refractivity contribution in [3.05, 3.63) is 0 Å². The van der Waals surface area contributed by atoms with Crippen molar-refractivity contribution < 1.29 is 19.1 Å². The zero-order valence-electron chi connectivity index (χ0n) is 9.45. The molecular formula is C10H18O4S. The highest BCUT2D eigenvalue weighted by molar-refractivity contribution is 7.99. The van der Waals surface area contributed by atoms with Gasteiger partial charge in [0.15, 0.2) is 0 Å². The van der Waals surface area contributed by atoms with Gasteiger partial charge in [-0.25, -0.2) is 0 Å². The molecule has 5 heteroatoms. The van der Waals surface area contributed by atoms with Crippen molar-refractivity contribution in [2.45, 2.75) is 19.8 Å². The second-order valence-corrected chi connectivity index (χ2v) is 4.33. The van der Waals surface area contributed by atoms with E-state index in [1.807, 2.05) is 6.92 Å². The lowest BCUT2D eigenvalue weighted by Gasteiger charge is -2.07. The fourth-order valence-electron chi connectivity index (χ4n) is 0.950. The molecule has 0 spiro atoms. The number of thioether (sulfide) groups is 1. The zero-order chi connectivity index (χ0) is 11.7. The minimum Gasteiger partial charge on any atom is -0.469 e. The van der Waals surface area contributed by atoms with Gasteiger partial charge in [-0.3, -0.25) is 9.59 Å². The molecule has 0 fully saturated rings. The van der Waals surface area contributed by atoms with E-state index in [9.17, 15) is 9.59 Å². The van der Waals surface area contributed by atoms with Gasteiger partial charge in [0.25, 0.3) is 0 Å². The van der Waals surface area contributed by atoms with E-state index >= 15 is 0 Å². The van der Waals surface area contributed by atoms with Crippen molar-refractivity contribution in [3.63, 3.8) is 0 Å². The molecule has 0 heterocycles. The van der Waals surface area contributed by atoms with Crippen LogP contribution in [0.3, 0.4) is 0 Å². The summed E-state index contributed by atoms with van der Waals surface area (Å²) in [6.45, 7) is 1.83. The van der Waals surface area contributed by atoms with E-state index < -0.39 is 0 Å². The van der Waals surface area contributed by atoms with Gasteiger partial charge in [-0.1, -0.05) is 6.92 Å². The normalized spacial score (nSPS) is 11.9. The van der Waals surface area contributed by atoms with Crippen LogP contribution < -0.4 is 0 Å². The first-order valence-corrected chi connectivity index (χ1v) is 5.99. The first-order chi connectivity index (χ1) is 7.11. The highest BCUT2D eigenvalue weighted by atomic mass is 32.2. The van der Waals surface area contributed by atoms with Crippen molar-refractivity contribution in [2.75, 3.05) is 25.7 Å². The second kappa shape index (κ2) is 8.59. The van der Waals surface area contributed by atoms with Gasteiger partial charge in [0.05, 0.1) is 20.1 Å². The Kier molecular flexibility index (Phi) is 8.18. The fraction of sp³-hybridized carbons (Fsp3) is 0.800. The van der Waals surface area contributed by atoms with Crippen LogP contribution in [0.1, 0.15) is 19.8 Å². The number of methoxy groups -OCH3 is 2. The Morgan fingerprint density at radius 1 is 1.27 bits per heavy atom. The quantitative estimate of drug-likeness (QED) is 0.493. The number of hydrogen-bond acceptors (Lipinski definition) is 5. The van der Waals surface area contributed by atoms with E-state index in [-0.39, 0.29) is 17.9 Å². The number of rotatable bonds is 7. The molecule has 0 bridgehead atoms. The van der Waals surface area contributed by atoms with E-state index in [4.69, 9.17) is 0 Å². The average Bonchev–Trinajstić information content (AvgIpc) is 2.26. The Balaban J connectivity index is 3.38. The minimum atomic E-state index is -0.185. The number of carbonyl (C=O) groups excluding carboxylic acids is 2. The molecule has 0 aliphatic rings. The SMILES string of the molecule is COC(=O)CCCSCC(C)C(=O)OC. The fourth-order valence-corrected chi connectivity index (χ4v) is 1.95. The Morgan fingerprint density at radius 3 is 2.47 bits per heavy atom. The van der Waals surface area contributed by atoms with Gasteiger partial charge in [-0.2, -0.15) is 11.8 Å². The third kappa shape index (κ3) is 7.25. The summed E-state index contributed by atoms with van der Waals surface area (Å²) < 4.78 is 9.11.